The molecule has 1 aromatic carbocycles. The number of ether oxygens (including phenoxy) is 2. The first-order chi connectivity index (χ1) is 10.6. The van der Waals surface area contributed by atoms with Gasteiger partial charge in [0.25, 0.3) is 0 Å². The molecule has 1 heterocycles. The molecule has 0 amide bonds. The predicted octanol–water partition coefficient (Wildman–Crippen LogP) is 2.36. The number of hydrogen-bond acceptors (Lipinski definition) is 5. The van der Waals surface area contributed by atoms with Crippen LogP contribution in [-0.2, 0) is 16.1 Å². The van der Waals surface area contributed by atoms with E-state index in [1.54, 1.807) is 14.0 Å². The molecular weight excluding hydrogens is 280 g/mol. The van der Waals surface area contributed by atoms with E-state index in [2.05, 4.69) is 11.0 Å². The number of rotatable bonds is 5. The Balaban J connectivity index is 1.93. The number of likely N-dealkylation sites (tertiary alicyclic amines) is 1. The first-order valence-electron chi connectivity index (χ1n) is 7.57. The van der Waals surface area contributed by atoms with Gasteiger partial charge in [0.15, 0.2) is 5.41 Å². The van der Waals surface area contributed by atoms with Crippen molar-refractivity contribution in [2.24, 2.45) is 5.41 Å². The van der Waals surface area contributed by atoms with Crippen molar-refractivity contribution in [3.8, 4) is 11.8 Å². The first-order valence-corrected chi connectivity index (χ1v) is 7.57. The quantitative estimate of drug-likeness (QED) is 0.781. The molecule has 0 unspecified atom stereocenters. The van der Waals surface area contributed by atoms with Crippen LogP contribution in [0, 0.1) is 16.7 Å². The van der Waals surface area contributed by atoms with E-state index >= 15 is 0 Å². The molecule has 5 heteroatoms. The van der Waals surface area contributed by atoms with Crippen LogP contribution >= 0.6 is 0 Å². The number of nitriles is 1. The van der Waals surface area contributed by atoms with Crippen LogP contribution in [0.3, 0.4) is 0 Å². The number of esters is 1. The lowest BCUT2D eigenvalue weighted by Crippen LogP contribution is -2.44. The lowest BCUT2D eigenvalue weighted by Gasteiger charge is -2.35. The molecule has 2 rings (SSSR count). The highest BCUT2D eigenvalue weighted by molar-refractivity contribution is 5.80. The van der Waals surface area contributed by atoms with Crippen molar-refractivity contribution in [3.05, 3.63) is 29.8 Å². The largest absolute Gasteiger partial charge is 0.497 e. The number of piperidine rings is 1. The maximum Gasteiger partial charge on any atom is 0.326 e. The minimum atomic E-state index is -0.966. The Kier molecular flexibility index (Phi) is 5.40. The van der Waals surface area contributed by atoms with Gasteiger partial charge in [-0.15, -0.1) is 0 Å². The molecule has 0 aromatic heterocycles. The number of benzene rings is 1. The van der Waals surface area contributed by atoms with Crippen LogP contribution in [0.4, 0.5) is 0 Å². The van der Waals surface area contributed by atoms with E-state index in [-0.39, 0.29) is 5.97 Å². The van der Waals surface area contributed by atoms with Crippen molar-refractivity contribution < 1.29 is 14.3 Å². The fraction of sp³-hybridized carbons (Fsp3) is 0.529. The molecule has 0 spiro atoms. The van der Waals surface area contributed by atoms with Crippen LogP contribution in [-0.4, -0.2) is 37.7 Å². The summed E-state index contributed by atoms with van der Waals surface area (Å²) in [4.78, 5) is 14.3. The number of carbonyl (C=O) groups is 1. The summed E-state index contributed by atoms with van der Waals surface area (Å²) in [7, 11) is 1.65. The molecule has 5 nitrogen and oxygen atoms in total. The molecule has 0 aliphatic carbocycles. The summed E-state index contributed by atoms with van der Waals surface area (Å²) in [6.07, 6.45) is 1.05. The third kappa shape index (κ3) is 3.58. The fourth-order valence-electron chi connectivity index (χ4n) is 2.71. The molecule has 0 saturated carbocycles. The summed E-state index contributed by atoms with van der Waals surface area (Å²) in [5.41, 5.74) is 0.230. The highest BCUT2D eigenvalue weighted by atomic mass is 16.5. The second-order valence-electron chi connectivity index (χ2n) is 5.54. The average molecular weight is 302 g/mol. The Bertz CT molecular complexity index is 540. The van der Waals surface area contributed by atoms with Crippen molar-refractivity contribution in [2.45, 2.75) is 26.3 Å². The maximum atomic E-state index is 12.0. The van der Waals surface area contributed by atoms with E-state index in [0.717, 1.165) is 25.4 Å². The van der Waals surface area contributed by atoms with E-state index in [1.807, 2.05) is 24.3 Å². The summed E-state index contributed by atoms with van der Waals surface area (Å²) in [6, 6.07) is 10.1. The van der Waals surface area contributed by atoms with Gasteiger partial charge in [-0.05, 0) is 37.5 Å². The zero-order valence-corrected chi connectivity index (χ0v) is 13.2. The van der Waals surface area contributed by atoms with E-state index < -0.39 is 5.41 Å². The minimum absolute atomic E-state index is 0.317. The number of methoxy groups -OCH3 is 1. The molecule has 1 fully saturated rings. The lowest BCUT2D eigenvalue weighted by molar-refractivity contribution is -0.154. The van der Waals surface area contributed by atoms with Crippen molar-refractivity contribution >= 4 is 5.97 Å². The van der Waals surface area contributed by atoms with Crippen LogP contribution in [0.2, 0.25) is 0 Å². The lowest BCUT2D eigenvalue weighted by atomic mass is 9.79. The Morgan fingerprint density at radius 2 is 1.95 bits per heavy atom. The Labute approximate surface area is 131 Å². The molecule has 1 aliphatic heterocycles. The molecule has 1 saturated heterocycles. The van der Waals surface area contributed by atoms with Gasteiger partial charge in [0, 0.05) is 19.6 Å². The highest BCUT2D eigenvalue weighted by Crippen LogP contribution is 2.32. The zero-order chi connectivity index (χ0) is 16.0. The van der Waals surface area contributed by atoms with Gasteiger partial charge in [0.1, 0.15) is 5.75 Å². The number of carbonyl (C=O) groups excluding carboxylic acids is 1. The smallest absolute Gasteiger partial charge is 0.326 e. The minimum Gasteiger partial charge on any atom is -0.497 e. The summed E-state index contributed by atoms with van der Waals surface area (Å²) < 4.78 is 10.2. The Morgan fingerprint density at radius 3 is 2.45 bits per heavy atom. The third-order valence-electron chi connectivity index (χ3n) is 4.16. The molecule has 1 aliphatic rings. The first kappa shape index (κ1) is 16.3. The van der Waals surface area contributed by atoms with Gasteiger partial charge < -0.3 is 9.47 Å². The van der Waals surface area contributed by atoms with Crippen LogP contribution < -0.4 is 4.74 Å². The number of hydrogen-bond donors (Lipinski definition) is 0. The van der Waals surface area contributed by atoms with Crippen molar-refractivity contribution in [1.29, 1.82) is 5.26 Å². The second kappa shape index (κ2) is 7.28. The van der Waals surface area contributed by atoms with Crippen LogP contribution in [0.5, 0.6) is 5.75 Å². The standard InChI is InChI=1S/C17H22N2O3/c1-3-22-16(20)17(13-18)8-10-19(11-9-17)12-14-4-6-15(21-2)7-5-14/h4-7H,3,8-12H2,1-2H3. The molecule has 1 aromatic rings. The second-order valence-corrected chi connectivity index (χ2v) is 5.54. The molecule has 118 valence electrons. The summed E-state index contributed by atoms with van der Waals surface area (Å²) in [5, 5.41) is 9.39. The van der Waals surface area contributed by atoms with Crippen molar-refractivity contribution in [2.75, 3.05) is 26.8 Å². The van der Waals surface area contributed by atoms with Crippen molar-refractivity contribution in [3.63, 3.8) is 0 Å². The summed E-state index contributed by atoms with van der Waals surface area (Å²) in [6.45, 7) is 4.34. The van der Waals surface area contributed by atoms with E-state index in [4.69, 9.17) is 9.47 Å². The van der Waals surface area contributed by atoms with Gasteiger partial charge >= 0.3 is 5.97 Å². The Morgan fingerprint density at radius 1 is 1.32 bits per heavy atom. The Hall–Kier alpha value is -2.06. The topological polar surface area (TPSA) is 62.6 Å². The van der Waals surface area contributed by atoms with Gasteiger partial charge in [-0.25, -0.2) is 0 Å². The van der Waals surface area contributed by atoms with Crippen LogP contribution in [0.1, 0.15) is 25.3 Å². The SMILES string of the molecule is CCOC(=O)C1(C#N)CCN(Cc2ccc(OC)cc2)CC1. The van der Waals surface area contributed by atoms with Crippen LogP contribution in [0.15, 0.2) is 24.3 Å². The molecule has 0 radical (unpaired) electrons. The van der Waals surface area contributed by atoms with E-state index in [1.165, 1.54) is 5.56 Å². The molecular formula is C17H22N2O3. The van der Waals surface area contributed by atoms with Gasteiger partial charge in [0.2, 0.25) is 0 Å². The molecule has 0 atom stereocenters. The molecule has 0 bridgehead atoms. The monoisotopic (exact) mass is 302 g/mol. The molecule has 22 heavy (non-hydrogen) atoms. The van der Waals surface area contributed by atoms with Gasteiger partial charge in [-0.2, -0.15) is 5.26 Å². The normalized spacial score (nSPS) is 17.5. The van der Waals surface area contributed by atoms with Gasteiger partial charge in [-0.3, -0.25) is 9.69 Å². The molecule has 0 N–H and O–H groups in total. The van der Waals surface area contributed by atoms with Gasteiger partial charge in [0.05, 0.1) is 19.8 Å². The third-order valence-corrected chi connectivity index (χ3v) is 4.16. The fourth-order valence-corrected chi connectivity index (χ4v) is 2.71. The number of nitrogens with zero attached hydrogens (tertiary/aromatic N) is 2. The predicted molar refractivity (Wildman–Crippen MR) is 82.2 cm³/mol. The van der Waals surface area contributed by atoms with E-state index in [0.29, 0.717) is 19.4 Å². The average Bonchev–Trinajstić information content (AvgIpc) is 2.56. The zero-order valence-electron chi connectivity index (χ0n) is 13.2. The maximum absolute atomic E-state index is 12.0. The van der Waals surface area contributed by atoms with E-state index in [9.17, 15) is 10.1 Å². The van der Waals surface area contributed by atoms with Gasteiger partial charge in [-0.1, -0.05) is 12.1 Å². The highest BCUT2D eigenvalue weighted by Gasteiger charge is 2.43. The van der Waals surface area contributed by atoms with Crippen LogP contribution in [0.25, 0.3) is 0 Å². The van der Waals surface area contributed by atoms with Crippen molar-refractivity contribution in [1.82, 2.24) is 4.90 Å². The summed E-state index contributed by atoms with van der Waals surface area (Å²) >= 11 is 0. The summed E-state index contributed by atoms with van der Waals surface area (Å²) in [5.74, 6) is 0.467.